The number of carboxylic acid groups (broad SMARTS) is 1. The molecule has 1 fully saturated rings. The summed E-state index contributed by atoms with van der Waals surface area (Å²) in [4.78, 5) is 23.0. The fourth-order valence-electron chi connectivity index (χ4n) is 2.52. The van der Waals surface area contributed by atoms with E-state index in [9.17, 15) is 9.59 Å². The molecular formula is C14H17Cl2NO4S. The Morgan fingerprint density at radius 2 is 2.23 bits per heavy atom. The van der Waals surface area contributed by atoms with Gasteiger partial charge in [-0.25, -0.2) is 0 Å². The monoisotopic (exact) mass is 365 g/mol. The van der Waals surface area contributed by atoms with Gasteiger partial charge in [-0.15, -0.1) is 11.3 Å². The lowest BCUT2D eigenvalue weighted by Gasteiger charge is -2.27. The Bertz CT molecular complexity index is 555. The van der Waals surface area contributed by atoms with Gasteiger partial charge in [0.2, 0.25) is 5.91 Å². The summed E-state index contributed by atoms with van der Waals surface area (Å²) >= 11 is 13.2. The van der Waals surface area contributed by atoms with Gasteiger partial charge >= 0.3 is 5.97 Å². The van der Waals surface area contributed by atoms with Crippen molar-refractivity contribution < 1.29 is 19.4 Å². The molecule has 2 heterocycles. The minimum absolute atomic E-state index is 0.120. The van der Waals surface area contributed by atoms with Gasteiger partial charge in [0, 0.05) is 13.0 Å². The zero-order chi connectivity index (χ0) is 16.2. The molecule has 1 unspecified atom stereocenters. The topological polar surface area (TPSA) is 75.6 Å². The third kappa shape index (κ3) is 4.84. The number of carboxylic acids is 1. The van der Waals surface area contributed by atoms with Crippen molar-refractivity contribution in [1.82, 2.24) is 5.32 Å². The molecule has 1 aromatic heterocycles. The molecule has 1 aromatic rings. The molecule has 0 bridgehead atoms. The predicted molar refractivity (Wildman–Crippen MR) is 85.8 cm³/mol. The quantitative estimate of drug-likeness (QED) is 0.778. The summed E-state index contributed by atoms with van der Waals surface area (Å²) in [7, 11) is 0. The summed E-state index contributed by atoms with van der Waals surface area (Å²) in [5.41, 5.74) is 0.167. The molecule has 0 saturated carbocycles. The Labute approximate surface area is 142 Å². The van der Waals surface area contributed by atoms with Crippen molar-refractivity contribution >= 4 is 46.4 Å². The van der Waals surface area contributed by atoms with Crippen LogP contribution in [0.15, 0.2) is 6.07 Å². The lowest BCUT2D eigenvalue weighted by Crippen LogP contribution is -2.50. The highest BCUT2D eigenvalue weighted by Crippen LogP contribution is 2.32. The van der Waals surface area contributed by atoms with Crippen molar-refractivity contribution in [2.45, 2.75) is 37.6 Å². The molecule has 2 rings (SSSR count). The zero-order valence-electron chi connectivity index (χ0n) is 11.9. The summed E-state index contributed by atoms with van der Waals surface area (Å²) < 4.78 is 6.53. The van der Waals surface area contributed by atoms with Crippen LogP contribution in [-0.4, -0.2) is 35.7 Å². The van der Waals surface area contributed by atoms with Gasteiger partial charge in [0.15, 0.2) is 0 Å². The molecule has 0 aromatic carbocycles. The summed E-state index contributed by atoms with van der Waals surface area (Å²) in [6, 6.07) is 1.81. The van der Waals surface area contributed by atoms with Gasteiger partial charge in [-0.1, -0.05) is 23.2 Å². The maximum atomic E-state index is 12.1. The fourth-order valence-corrected chi connectivity index (χ4v) is 4.07. The minimum atomic E-state index is -0.939. The first kappa shape index (κ1) is 17.5. The van der Waals surface area contributed by atoms with Crippen LogP contribution < -0.4 is 5.32 Å². The summed E-state index contributed by atoms with van der Waals surface area (Å²) in [6.45, 7) is 0.716. The molecule has 0 aliphatic carbocycles. The second kappa shape index (κ2) is 7.64. The van der Waals surface area contributed by atoms with Crippen LogP contribution in [-0.2, 0) is 20.7 Å². The van der Waals surface area contributed by atoms with Gasteiger partial charge in [0.1, 0.15) is 0 Å². The number of amides is 1. The number of carbonyl (C=O) groups excluding carboxylic acids is 1. The van der Waals surface area contributed by atoms with E-state index in [0.717, 1.165) is 5.56 Å². The van der Waals surface area contributed by atoms with Crippen LogP contribution in [0.4, 0.5) is 0 Å². The van der Waals surface area contributed by atoms with Crippen molar-refractivity contribution in [1.29, 1.82) is 0 Å². The second-order valence-corrected chi connectivity index (χ2v) is 7.69. The van der Waals surface area contributed by atoms with Crippen molar-refractivity contribution in [3.8, 4) is 0 Å². The van der Waals surface area contributed by atoms with E-state index in [2.05, 4.69) is 5.32 Å². The second-order valence-electron chi connectivity index (χ2n) is 5.40. The standard InChI is InChI=1S/C14H17Cl2NO4S/c15-10-6-9(13(16)22-10)2-1-3-11(18)17-14(7-12(19)20)4-5-21-8-14/h6H,1-5,7-8H2,(H,17,18)(H,19,20). The van der Waals surface area contributed by atoms with Crippen molar-refractivity contribution in [2.75, 3.05) is 13.2 Å². The number of rotatable bonds is 7. The summed E-state index contributed by atoms with van der Waals surface area (Å²) in [6.07, 6.45) is 2.01. The van der Waals surface area contributed by atoms with Gasteiger partial charge < -0.3 is 15.2 Å². The molecule has 1 saturated heterocycles. The number of aliphatic carboxylic acids is 1. The molecule has 122 valence electrons. The van der Waals surface area contributed by atoms with Crippen molar-refractivity contribution in [3.05, 3.63) is 20.3 Å². The Morgan fingerprint density at radius 3 is 2.77 bits per heavy atom. The SMILES string of the molecule is O=C(O)CC1(NC(=O)CCCc2cc(Cl)sc2Cl)CCOC1. The minimum Gasteiger partial charge on any atom is -0.481 e. The van der Waals surface area contributed by atoms with Crippen molar-refractivity contribution in [2.24, 2.45) is 0 Å². The molecule has 5 nitrogen and oxygen atoms in total. The number of hydrogen-bond acceptors (Lipinski definition) is 4. The first-order chi connectivity index (χ1) is 10.4. The number of hydrogen-bond donors (Lipinski definition) is 2. The first-order valence-corrected chi connectivity index (χ1v) is 8.52. The van der Waals surface area contributed by atoms with Gasteiger partial charge in [0.05, 0.1) is 27.2 Å². The summed E-state index contributed by atoms with van der Waals surface area (Å²) in [5.74, 6) is -1.10. The van der Waals surface area contributed by atoms with Crippen LogP contribution in [0.3, 0.4) is 0 Å². The molecule has 1 aliphatic rings. The molecule has 0 radical (unpaired) electrons. The molecule has 1 amide bonds. The maximum Gasteiger partial charge on any atom is 0.305 e. The third-order valence-electron chi connectivity index (χ3n) is 3.57. The zero-order valence-corrected chi connectivity index (χ0v) is 14.2. The van der Waals surface area contributed by atoms with Gasteiger partial charge in [-0.2, -0.15) is 0 Å². The van der Waals surface area contributed by atoms with Gasteiger partial charge in [0.25, 0.3) is 0 Å². The van der Waals surface area contributed by atoms with Crippen LogP contribution >= 0.6 is 34.5 Å². The smallest absolute Gasteiger partial charge is 0.305 e. The highest BCUT2D eigenvalue weighted by molar-refractivity contribution is 7.20. The average Bonchev–Trinajstić information content (AvgIpc) is 2.96. The number of halogens is 2. The molecule has 1 atom stereocenters. The Morgan fingerprint density at radius 1 is 1.45 bits per heavy atom. The molecule has 2 N–H and O–H groups in total. The molecular weight excluding hydrogens is 349 g/mol. The molecule has 22 heavy (non-hydrogen) atoms. The largest absolute Gasteiger partial charge is 0.481 e. The molecule has 0 spiro atoms. The van der Waals surface area contributed by atoms with Crippen LogP contribution in [0, 0.1) is 0 Å². The van der Waals surface area contributed by atoms with E-state index < -0.39 is 11.5 Å². The van der Waals surface area contributed by atoms with Gasteiger partial charge in [-0.3, -0.25) is 9.59 Å². The van der Waals surface area contributed by atoms with Crippen molar-refractivity contribution in [3.63, 3.8) is 0 Å². The Hall–Kier alpha value is -0.820. The number of aryl methyl sites for hydroxylation is 1. The van der Waals surface area contributed by atoms with E-state index in [1.54, 1.807) is 0 Å². The van der Waals surface area contributed by atoms with E-state index >= 15 is 0 Å². The van der Waals surface area contributed by atoms with E-state index in [-0.39, 0.29) is 18.9 Å². The highest BCUT2D eigenvalue weighted by atomic mass is 35.5. The number of ether oxygens (including phenoxy) is 1. The highest BCUT2D eigenvalue weighted by Gasteiger charge is 2.38. The predicted octanol–water partition coefficient (Wildman–Crippen LogP) is 3.13. The van der Waals surface area contributed by atoms with Gasteiger partial charge in [-0.05, 0) is 30.9 Å². The number of carbonyl (C=O) groups is 2. The Balaban J connectivity index is 1.81. The average molecular weight is 366 g/mol. The van der Waals surface area contributed by atoms with E-state index in [4.69, 9.17) is 33.0 Å². The van der Waals surface area contributed by atoms with E-state index in [1.165, 1.54) is 11.3 Å². The fraction of sp³-hybridized carbons (Fsp3) is 0.571. The number of nitrogens with one attached hydrogen (secondary N) is 1. The van der Waals surface area contributed by atoms with Crippen LogP contribution in [0.25, 0.3) is 0 Å². The lowest BCUT2D eigenvalue weighted by atomic mass is 9.94. The Kier molecular flexibility index (Phi) is 6.09. The number of thiophene rings is 1. The molecule has 1 aliphatic heterocycles. The van der Waals surface area contributed by atoms with Crippen LogP contribution in [0.5, 0.6) is 0 Å². The maximum absolute atomic E-state index is 12.1. The third-order valence-corrected chi connectivity index (χ3v) is 5.14. The normalized spacial score (nSPS) is 21.0. The van der Waals surface area contributed by atoms with Crippen LogP contribution in [0.2, 0.25) is 8.67 Å². The first-order valence-electron chi connectivity index (χ1n) is 6.94. The van der Waals surface area contributed by atoms with E-state index in [0.29, 0.717) is 41.0 Å². The molecule has 8 heteroatoms. The van der Waals surface area contributed by atoms with E-state index in [1.807, 2.05) is 6.07 Å². The lowest BCUT2D eigenvalue weighted by molar-refractivity contribution is -0.139. The van der Waals surface area contributed by atoms with Crippen LogP contribution in [0.1, 0.15) is 31.2 Å². The summed E-state index contributed by atoms with van der Waals surface area (Å²) in [5, 5.41) is 11.8.